The van der Waals surface area contributed by atoms with Crippen molar-refractivity contribution in [2.45, 2.75) is 70.7 Å². The molecule has 0 aliphatic carbocycles. The van der Waals surface area contributed by atoms with E-state index in [1.807, 2.05) is 13.8 Å². The van der Waals surface area contributed by atoms with Crippen LogP contribution in [0, 0.1) is 5.92 Å². The lowest BCUT2D eigenvalue weighted by Crippen LogP contribution is -2.55. The summed E-state index contributed by atoms with van der Waals surface area (Å²) in [6, 6.07) is -2.76. The standard InChI is InChI=1S/C21H36N6O7/c1-11(2)6-16(20(33)24-8-12(3)28)27-21(34)14(4-5-17(22)30)26-18(31)10-25-19(32)15-7-13(29)9-23-15/h11,13-16,23,29H,4-10H2,1-3H3,(H2,22,30)(H,24,33)(H,25,32)(H,26,31)(H,27,34)/t13-,14-,15+,16+/m0/s1. The van der Waals surface area contributed by atoms with E-state index in [0.29, 0.717) is 0 Å². The molecular weight excluding hydrogens is 448 g/mol. The van der Waals surface area contributed by atoms with E-state index in [2.05, 4.69) is 26.6 Å². The fourth-order valence-corrected chi connectivity index (χ4v) is 3.32. The molecule has 8 N–H and O–H groups in total. The second kappa shape index (κ2) is 14.3. The molecule has 4 atom stereocenters. The summed E-state index contributed by atoms with van der Waals surface area (Å²) < 4.78 is 0. The Morgan fingerprint density at radius 2 is 1.68 bits per heavy atom. The highest BCUT2D eigenvalue weighted by molar-refractivity contribution is 5.94. The number of primary amides is 1. The molecule has 13 nitrogen and oxygen atoms in total. The number of aliphatic hydroxyl groups is 1. The number of hydrogen-bond acceptors (Lipinski definition) is 8. The Labute approximate surface area is 198 Å². The van der Waals surface area contributed by atoms with Gasteiger partial charge in [-0.1, -0.05) is 13.8 Å². The van der Waals surface area contributed by atoms with Crippen molar-refractivity contribution in [3.05, 3.63) is 0 Å². The minimum Gasteiger partial charge on any atom is -0.392 e. The lowest BCUT2D eigenvalue weighted by molar-refractivity contribution is -0.133. The van der Waals surface area contributed by atoms with Crippen LogP contribution in [0.25, 0.3) is 0 Å². The van der Waals surface area contributed by atoms with Crippen LogP contribution >= 0.6 is 0 Å². The van der Waals surface area contributed by atoms with Gasteiger partial charge in [-0.3, -0.25) is 28.8 Å². The Bertz CT molecular complexity index is 773. The number of ketones is 1. The zero-order valence-electron chi connectivity index (χ0n) is 19.8. The quantitative estimate of drug-likeness (QED) is 0.133. The molecule has 13 heteroatoms. The predicted molar refractivity (Wildman–Crippen MR) is 121 cm³/mol. The van der Waals surface area contributed by atoms with Gasteiger partial charge in [0.15, 0.2) is 0 Å². The lowest BCUT2D eigenvalue weighted by Gasteiger charge is -2.24. The number of Topliss-reactive ketones (excluding diaryl/α,β-unsaturated/α-hetero) is 1. The third-order valence-electron chi connectivity index (χ3n) is 5.03. The topological polar surface area (TPSA) is 209 Å². The Hall–Kier alpha value is -3.06. The monoisotopic (exact) mass is 484 g/mol. The van der Waals surface area contributed by atoms with Crippen molar-refractivity contribution in [3.8, 4) is 0 Å². The van der Waals surface area contributed by atoms with Crippen molar-refractivity contribution >= 4 is 35.3 Å². The summed E-state index contributed by atoms with van der Waals surface area (Å²) in [6.45, 7) is 4.68. The average Bonchev–Trinajstić information content (AvgIpc) is 3.18. The van der Waals surface area contributed by atoms with E-state index in [-0.39, 0.29) is 50.5 Å². The molecule has 0 radical (unpaired) electrons. The third kappa shape index (κ3) is 11.2. The highest BCUT2D eigenvalue weighted by Crippen LogP contribution is 2.08. The van der Waals surface area contributed by atoms with E-state index in [1.165, 1.54) is 6.92 Å². The molecule has 1 saturated heterocycles. The van der Waals surface area contributed by atoms with Crippen molar-refractivity contribution in [1.29, 1.82) is 0 Å². The minimum atomic E-state index is -1.18. The van der Waals surface area contributed by atoms with E-state index < -0.39 is 60.3 Å². The van der Waals surface area contributed by atoms with Crippen LogP contribution in [0.1, 0.15) is 46.5 Å². The molecule has 1 rings (SSSR count). The van der Waals surface area contributed by atoms with Gasteiger partial charge in [0.2, 0.25) is 29.5 Å². The predicted octanol–water partition coefficient (Wildman–Crippen LogP) is -3.19. The molecule has 1 fully saturated rings. The number of nitrogens with one attached hydrogen (secondary N) is 5. The normalized spacial score (nSPS) is 19.1. The average molecular weight is 485 g/mol. The van der Waals surface area contributed by atoms with E-state index in [1.54, 1.807) is 0 Å². The van der Waals surface area contributed by atoms with Gasteiger partial charge in [0.25, 0.3) is 0 Å². The molecule has 0 bridgehead atoms. The molecule has 1 aliphatic rings. The number of carbonyl (C=O) groups is 6. The molecule has 0 aromatic rings. The van der Waals surface area contributed by atoms with Gasteiger partial charge in [-0.25, -0.2) is 0 Å². The van der Waals surface area contributed by atoms with Crippen LogP contribution in [0.15, 0.2) is 0 Å². The summed E-state index contributed by atoms with van der Waals surface area (Å²) >= 11 is 0. The zero-order chi connectivity index (χ0) is 25.8. The molecule has 34 heavy (non-hydrogen) atoms. The number of hydrogen-bond donors (Lipinski definition) is 7. The Kier molecular flexibility index (Phi) is 12.1. The zero-order valence-corrected chi connectivity index (χ0v) is 19.8. The summed E-state index contributed by atoms with van der Waals surface area (Å²) in [7, 11) is 0. The van der Waals surface area contributed by atoms with Gasteiger partial charge >= 0.3 is 0 Å². The van der Waals surface area contributed by atoms with Gasteiger partial charge in [0.05, 0.1) is 25.2 Å². The van der Waals surface area contributed by atoms with Crippen LogP contribution in [0.4, 0.5) is 0 Å². The van der Waals surface area contributed by atoms with E-state index >= 15 is 0 Å². The number of carbonyl (C=O) groups excluding carboxylic acids is 6. The van der Waals surface area contributed by atoms with E-state index in [4.69, 9.17) is 5.73 Å². The Morgan fingerprint density at radius 1 is 1.00 bits per heavy atom. The Balaban J connectivity index is 2.76. The first kappa shape index (κ1) is 29.0. The van der Waals surface area contributed by atoms with Gasteiger partial charge in [0, 0.05) is 13.0 Å². The highest BCUT2D eigenvalue weighted by atomic mass is 16.3. The minimum absolute atomic E-state index is 0.0324. The maximum atomic E-state index is 12.9. The first-order valence-corrected chi connectivity index (χ1v) is 11.2. The van der Waals surface area contributed by atoms with Crippen molar-refractivity contribution in [2.75, 3.05) is 19.6 Å². The molecule has 0 spiro atoms. The fraction of sp³-hybridized carbons (Fsp3) is 0.714. The molecule has 5 amide bonds. The number of amides is 5. The van der Waals surface area contributed by atoms with Crippen molar-refractivity contribution in [3.63, 3.8) is 0 Å². The molecular formula is C21H36N6O7. The van der Waals surface area contributed by atoms with E-state index in [0.717, 1.165) is 0 Å². The SMILES string of the molecule is CC(=O)CNC(=O)[C@@H](CC(C)C)NC(=O)[C@H](CCC(N)=O)NC(=O)CNC(=O)[C@H]1C[C@H](O)CN1. The second-order valence-corrected chi connectivity index (χ2v) is 8.80. The second-order valence-electron chi connectivity index (χ2n) is 8.80. The van der Waals surface area contributed by atoms with Gasteiger partial charge in [-0.05, 0) is 32.1 Å². The van der Waals surface area contributed by atoms with Gasteiger partial charge < -0.3 is 37.4 Å². The first-order chi connectivity index (χ1) is 15.9. The van der Waals surface area contributed by atoms with Crippen LogP contribution in [0.3, 0.4) is 0 Å². The van der Waals surface area contributed by atoms with Crippen molar-refractivity contribution in [2.24, 2.45) is 11.7 Å². The Morgan fingerprint density at radius 3 is 2.21 bits per heavy atom. The number of aliphatic hydroxyl groups excluding tert-OH is 1. The van der Waals surface area contributed by atoms with Crippen LogP contribution in [0.2, 0.25) is 0 Å². The van der Waals surface area contributed by atoms with Crippen LogP contribution in [0.5, 0.6) is 0 Å². The summed E-state index contributed by atoms with van der Waals surface area (Å²) in [5.74, 6) is -3.30. The van der Waals surface area contributed by atoms with Crippen LogP contribution in [-0.4, -0.2) is 84.3 Å². The lowest BCUT2D eigenvalue weighted by atomic mass is 10.0. The van der Waals surface area contributed by atoms with Gasteiger partial charge in [0.1, 0.15) is 17.9 Å². The molecule has 1 aliphatic heterocycles. The first-order valence-electron chi connectivity index (χ1n) is 11.2. The molecule has 0 aromatic carbocycles. The molecule has 0 saturated carbocycles. The van der Waals surface area contributed by atoms with E-state index in [9.17, 15) is 33.9 Å². The number of β-amino-alcohol motifs (C(OH)–C–C–N with tert-alkyl or cyclic N) is 1. The largest absolute Gasteiger partial charge is 0.392 e. The maximum Gasteiger partial charge on any atom is 0.243 e. The molecule has 1 heterocycles. The third-order valence-corrected chi connectivity index (χ3v) is 5.03. The molecule has 0 unspecified atom stereocenters. The van der Waals surface area contributed by atoms with Crippen LogP contribution in [-0.2, 0) is 28.8 Å². The van der Waals surface area contributed by atoms with Crippen LogP contribution < -0.4 is 32.3 Å². The summed E-state index contributed by atoms with van der Waals surface area (Å²) in [5, 5.41) is 22.2. The summed E-state index contributed by atoms with van der Waals surface area (Å²) in [4.78, 5) is 72.1. The highest BCUT2D eigenvalue weighted by Gasteiger charge is 2.30. The fourth-order valence-electron chi connectivity index (χ4n) is 3.32. The van der Waals surface area contributed by atoms with Crippen molar-refractivity contribution in [1.82, 2.24) is 26.6 Å². The number of nitrogens with two attached hydrogens (primary N) is 1. The number of rotatable bonds is 14. The smallest absolute Gasteiger partial charge is 0.243 e. The van der Waals surface area contributed by atoms with Gasteiger partial charge in [-0.2, -0.15) is 0 Å². The van der Waals surface area contributed by atoms with Crippen molar-refractivity contribution < 1.29 is 33.9 Å². The van der Waals surface area contributed by atoms with Gasteiger partial charge in [-0.15, -0.1) is 0 Å². The molecule has 192 valence electrons. The summed E-state index contributed by atoms with van der Waals surface area (Å²) in [6.07, 6.45) is -0.443. The molecule has 0 aromatic heterocycles. The maximum absolute atomic E-state index is 12.9. The summed E-state index contributed by atoms with van der Waals surface area (Å²) in [5.41, 5.74) is 5.17.